The van der Waals surface area contributed by atoms with Gasteiger partial charge in [0, 0.05) is 11.3 Å². The largest absolute Gasteiger partial charge is 0.324 e. The summed E-state index contributed by atoms with van der Waals surface area (Å²) in [5.41, 5.74) is 1.97. The molecule has 5 heteroatoms. The van der Waals surface area contributed by atoms with Crippen molar-refractivity contribution in [1.82, 2.24) is 9.55 Å². The highest BCUT2D eigenvalue weighted by molar-refractivity contribution is 8.00. The Hall–Kier alpha value is -0.380. The third-order valence-corrected chi connectivity index (χ3v) is 6.40. The Kier molecular flexibility index (Phi) is 4.45. The van der Waals surface area contributed by atoms with Gasteiger partial charge in [-0.1, -0.05) is 30.5 Å². The monoisotopic (exact) mass is 342 g/mol. The maximum absolute atomic E-state index is 6.44. The van der Waals surface area contributed by atoms with Crippen molar-refractivity contribution in [2.45, 2.75) is 49.3 Å². The zero-order chi connectivity index (χ0) is 15.0. The molecule has 1 heterocycles. The highest BCUT2D eigenvalue weighted by Gasteiger charge is 2.35. The first kappa shape index (κ1) is 15.5. The molecule has 1 aliphatic rings. The van der Waals surface area contributed by atoms with Gasteiger partial charge in [0.2, 0.25) is 0 Å². The van der Waals surface area contributed by atoms with Crippen molar-refractivity contribution in [2.75, 3.05) is 6.26 Å². The fraction of sp³-hybridized carbons (Fsp3) is 0.562. The molecule has 0 N–H and O–H groups in total. The molecule has 1 aliphatic carbocycles. The Balaban J connectivity index is 2.13. The summed E-state index contributed by atoms with van der Waals surface area (Å²) in [6.45, 7) is 2.92. The smallest absolute Gasteiger partial charge is 0.127 e. The standard InChI is InChI=1S/C16H20Cl2N2S/c1-11(17)15-19-13-7-5-6-12(18)14(13)20(15)10-16(21-2)8-3-4-9-16/h5-7,11H,3-4,8-10H2,1-2H3. The van der Waals surface area contributed by atoms with E-state index in [0.29, 0.717) is 4.75 Å². The van der Waals surface area contributed by atoms with Gasteiger partial charge >= 0.3 is 0 Å². The second-order valence-corrected chi connectivity index (χ2v) is 8.21. The topological polar surface area (TPSA) is 17.8 Å². The van der Waals surface area contributed by atoms with Crippen LogP contribution in [0.3, 0.4) is 0 Å². The van der Waals surface area contributed by atoms with Gasteiger partial charge in [-0.2, -0.15) is 11.8 Å². The van der Waals surface area contributed by atoms with Gasteiger partial charge in [-0.25, -0.2) is 4.98 Å². The zero-order valence-electron chi connectivity index (χ0n) is 12.4. The first-order chi connectivity index (χ1) is 10.1. The number of alkyl halides is 1. The molecule has 3 rings (SSSR count). The summed E-state index contributed by atoms with van der Waals surface area (Å²) in [7, 11) is 0. The van der Waals surface area contributed by atoms with Crippen LogP contribution in [0.25, 0.3) is 11.0 Å². The van der Waals surface area contributed by atoms with Gasteiger partial charge in [0.05, 0.1) is 21.4 Å². The highest BCUT2D eigenvalue weighted by Crippen LogP contribution is 2.43. The fourth-order valence-electron chi connectivity index (χ4n) is 3.36. The molecule has 2 aromatic rings. The molecule has 114 valence electrons. The number of hydrogen-bond donors (Lipinski definition) is 0. The van der Waals surface area contributed by atoms with E-state index in [2.05, 4.69) is 10.8 Å². The SMILES string of the molecule is CSC1(Cn2c(C(C)Cl)nc3cccc(Cl)c32)CCCC1. The molecule has 0 radical (unpaired) electrons. The minimum Gasteiger partial charge on any atom is -0.324 e. The Morgan fingerprint density at radius 1 is 1.38 bits per heavy atom. The van der Waals surface area contributed by atoms with E-state index in [9.17, 15) is 0 Å². The van der Waals surface area contributed by atoms with Gasteiger partial charge in [-0.05, 0) is 38.2 Å². The molecule has 1 aromatic heterocycles. The summed E-state index contributed by atoms with van der Waals surface area (Å²) in [4.78, 5) is 4.72. The summed E-state index contributed by atoms with van der Waals surface area (Å²) in [6.07, 6.45) is 7.36. The predicted octanol–water partition coefficient (Wildman–Crippen LogP) is 5.67. The lowest BCUT2D eigenvalue weighted by atomic mass is 10.1. The van der Waals surface area contributed by atoms with E-state index in [1.807, 2.05) is 36.9 Å². The summed E-state index contributed by atoms with van der Waals surface area (Å²) in [6, 6.07) is 5.90. The average molecular weight is 343 g/mol. The number of rotatable bonds is 4. The van der Waals surface area contributed by atoms with Crippen LogP contribution < -0.4 is 0 Å². The summed E-state index contributed by atoms with van der Waals surface area (Å²) >= 11 is 14.8. The average Bonchev–Trinajstić information content (AvgIpc) is 3.06. The zero-order valence-corrected chi connectivity index (χ0v) is 14.7. The molecule has 1 unspecified atom stereocenters. The molecular formula is C16H20Cl2N2S. The lowest BCUT2D eigenvalue weighted by Gasteiger charge is -2.28. The van der Waals surface area contributed by atoms with Crippen molar-refractivity contribution in [3.05, 3.63) is 29.0 Å². The molecule has 0 amide bonds. The molecule has 0 saturated heterocycles. The minimum atomic E-state index is -0.117. The van der Waals surface area contributed by atoms with Crippen molar-refractivity contribution in [3.8, 4) is 0 Å². The number of hydrogen-bond acceptors (Lipinski definition) is 2. The molecule has 21 heavy (non-hydrogen) atoms. The molecule has 1 saturated carbocycles. The Morgan fingerprint density at radius 2 is 2.10 bits per heavy atom. The van der Waals surface area contributed by atoms with Gasteiger partial charge in [-0.15, -0.1) is 11.6 Å². The number of benzene rings is 1. The maximum atomic E-state index is 6.44. The van der Waals surface area contributed by atoms with Crippen LogP contribution in [0.2, 0.25) is 5.02 Å². The van der Waals surface area contributed by atoms with Crippen LogP contribution in [0.1, 0.15) is 43.8 Å². The third-order valence-electron chi connectivity index (χ3n) is 4.50. The van der Waals surface area contributed by atoms with E-state index in [1.54, 1.807) is 0 Å². The van der Waals surface area contributed by atoms with Crippen molar-refractivity contribution in [2.24, 2.45) is 0 Å². The molecule has 0 spiro atoms. The van der Waals surface area contributed by atoms with Gasteiger partial charge in [-0.3, -0.25) is 0 Å². The summed E-state index contributed by atoms with van der Waals surface area (Å²) in [5.74, 6) is 0.931. The lowest BCUT2D eigenvalue weighted by molar-refractivity contribution is 0.501. The van der Waals surface area contributed by atoms with E-state index < -0.39 is 0 Å². The van der Waals surface area contributed by atoms with Crippen molar-refractivity contribution >= 4 is 46.0 Å². The van der Waals surface area contributed by atoms with Crippen LogP contribution >= 0.6 is 35.0 Å². The highest BCUT2D eigenvalue weighted by atomic mass is 35.5. The van der Waals surface area contributed by atoms with E-state index in [4.69, 9.17) is 28.2 Å². The Labute approximate surface area is 140 Å². The Morgan fingerprint density at radius 3 is 2.71 bits per heavy atom. The quantitative estimate of drug-likeness (QED) is 0.666. The number of fused-ring (bicyclic) bond motifs is 1. The van der Waals surface area contributed by atoms with Crippen LogP contribution in [0.15, 0.2) is 18.2 Å². The number of aromatic nitrogens is 2. The van der Waals surface area contributed by atoms with E-state index >= 15 is 0 Å². The van der Waals surface area contributed by atoms with Crippen LogP contribution in [0, 0.1) is 0 Å². The van der Waals surface area contributed by atoms with Gasteiger partial charge in [0.1, 0.15) is 5.82 Å². The Bertz CT molecular complexity index is 645. The van der Waals surface area contributed by atoms with Crippen molar-refractivity contribution in [1.29, 1.82) is 0 Å². The lowest BCUT2D eigenvalue weighted by Crippen LogP contribution is -2.28. The number of thioether (sulfide) groups is 1. The van der Waals surface area contributed by atoms with E-state index in [1.165, 1.54) is 25.7 Å². The van der Waals surface area contributed by atoms with Crippen molar-refractivity contribution < 1.29 is 0 Å². The van der Waals surface area contributed by atoms with Gasteiger partial charge < -0.3 is 4.57 Å². The van der Waals surface area contributed by atoms with Crippen LogP contribution in [0.5, 0.6) is 0 Å². The number of imidazole rings is 1. The molecule has 2 nitrogen and oxygen atoms in total. The number of nitrogens with zero attached hydrogens (tertiary/aromatic N) is 2. The number of halogens is 2. The summed E-state index contributed by atoms with van der Waals surface area (Å²) in [5, 5.41) is 0.645. The molecule has 1 fully saturated rings. The van der Waals surface area contributed by atoms with Gasteiger partial charge in [0.15, 0.2) is 0 Å². The van der Waals surface area contributed by atoms with E-state index in [-0.39, 0.29) is 5.38 Å². The summed E-state index contributed by atoms with van der Waals surface area (Å²) < 4.78 is 2.56. The molecule has 0 aliphatic heterocycles. The normalized spacial score (nSPS) is 19.2. The molecular weight excluding hydrogens is 323 g/mol. The first-order valence-electron chi connectivity index (χ1n) is 7.40. The second kappa shape index (κ2) is 6.02. The maximum Gasteiger partial charge on any atom is 0.127 e. The van der Waals surface area contributed by atoms with Gasteiger partial charge in [0.25, 0.3) is 0 Å². The van der Waals surface area contributed by atoms with Crippen LogP contribution in [-0.2, 0) is 6.54 Å². The van der Waals surface area contributed by atoms with Crippen LogP contribution in [-0.4, -0.2) is 20.6 Å². The predicted molar refractivity (Wildman–Crippen MR) is 93.7 cm³/mol. The number of para-hydroxylation sites is 1. The third kappa shape index (κ3) is 2.80. The minimum absolute atomic E-state index is 0.117. The second-order valence-electron chi connectivity index (χ2n) is 5.87. The molecule has 0 bridgehead atoms. The molecule has 1 aromatic carbocycles. The van der Waals surface area contributed by atoms with Crippen LogP contribution in [0.4, 0.5) is 0 Å². The van der Waals surface area contributed by atoms with E-state index in [0.717, 1.165) is 28.4 Å². The first-order valence-corrected chi connectivity index (χ1v) is 9.44. The van der Waals surface area contributed by atoms with Crippen molar-refractivity contribution in [3.63, 3.8) is 0 Å². The molecule has 1 atom stereocenters. The fourth-order valence-corrected chi connectivity index (χ4v) is 4.75.